The summed E-state index contributed by atoms with van der Waals surface area (Å²) in [6, 6.07) is 0. The second kappa shape index (κ2) is 3.10. The third kappa shape index (κ3) is 1.55. The zero-order chi connectivity index (χ0) is 13.4. The van der Waals surface area contributed by atoms with E-state index in [4.69, 9.17) is 0 Å². The smallest absolute Gasteiger partial charge is 0.306 e. The van der Waals surface area contributed by atoms with Gasteiger partial charge in [-0.25, -0.2) is 4.39 Å². The number of carbonyl (C=O) groups is 1. The molecule has 3 atom stereocenters. The fourth-order valence-electron chi connectivity index (χ4n) is 6.36. The Morgan fingerprint density at radius 2 is 1.56 bits per heavy atom. The first-order valence-corrected chi connectivity index (χ1v) is 7.01. The summed E-state index contributed by atoms with van der Waals surface area (Å²) in [7, 11) is 0. The van der Waals surface area contributed by atoms with Gasteiger partial charge >= 0.3 is 5.97 Å². The number of rotatable bonds is 2. The molecule has 0 amide bonds. The summed E-state index contributed by atoms with van der Waals surface area (Å²) in [4.78, 5) is 11.4. The second-order valence-electron chi connectivity index (χ2n) is 8.26. The van der Waals surface area contributed by atoms with Crippen molar-refractivity contribution in [2.24, 2.45) is 22.2 Å². The van der Waals surface area contributed by atoms with E-state index in [0.717, 1.165) is 19.3 Å². The quantitative estimate of drug-likeness (QED) is 0.814. The van der Waals surface area contributed by atoms with Crippen LogP contribution in [-0.2, 0) is 4.79 Å². The zero-order valence-corrected chi connectivity index (χ0v) is 11.6. The third-order valence-corrected chi connectivity index (χ3v) is 5.86. The molecule has 0 saturated heterocycles. The molecule has 102 valence electrons. The van der Waals surface area contributed by atoms with Gasteiger partial charge in [0.2, 0.25) is 0 Å². The van der Waals surface area contributed by atoms with Gasteiger partial charge in [-0.05, 0) is 54.8 Å². The summed E-state index contributed by atoms with van der Waals surface area (Å²) >= 11 is 0. The van der Waals surface area contributed by atoms with Gasteiger partial charge in [-0.15, -0.1) is 0 Å². The van der Waals surface area contributed by atoms with Crippen LogP contribution < -0.4 is 0 Å². The van der Waals surface area contributed by atoms with Crippen molar-refractivity contribution >= 4 is 5.97 Å². The number of carboxylic acids is 1. The van der Waals surface area contributed by atoms with Crippen LogP contribution in [0.15, 0.2) is 0 Å². The standard InChI is InChI=1S/C15H23FO2/c1-10(11(17)18)14-5-12(2)4-13(3,6-14)8-15(16,7-12)9-14/h10H,4-9H2,1-3H3,(H,17,18)/t10-,12?,13?,14?,15?/m1/s1. The van der Waals surface area contributed by atoms with Crippen LogP contribution in [0.1, 0.15) is 59.3 Å². The molecule has 0 aromatic rings. The monoisotopic (exact) mass is 254 g/mol. The predicted octanol–water partition coefficient (Wildman–Crippen LogP) is 3.80. The maximum atomic E-state index is 15.1. The third-order valence-electron chi connectivity index (χ3n) is 5.86. The molecule has 0 aromatic heterocycles. The number of alkyl halides is 1. The largest absolute Gasteiger partial charge is 0.481 e. The van der Waals surface area contributed by atoms with Gasteiger partial charge in [0.05, 0.1) is 5.92 Å². The molecular formula is C15H23FO2. The number of aliphatic carboxylic acids is 1. The number of hydrogen-bond donors (Lipinski definition) is 1. The summed E-state index contributed by atoms with van der Waals surface area (Å²) in [6.07, 6.45) is 4.62. The Morgan fingerprint density at radius 3 is 1.94 bits per heavy atom. The normalized spacial score (nSPS) is 55.6. The minimum atomic E-state index is -1.11. The van der Waals surface area contributed by atoms with Crippen molar-refractivity contribution in [2.45, 2.75) is 65.0 Å². The van der Waals surface area contributed by atoms with Gasteiger partial charge in [0.1, 0.15) is 5.67 Å². The van der Waals surface area contributed by atoms with E-state index >= 15 is 4.39 Å². The number of hydrogen-bond acceptors (Lipinski definition) is 1. The van der Waals surface area contributed by atoms with Gasteiger partial charge in [-0.3, -0.25) is 4.79 Å². The summed E-state index contributed by atoms with van der Waals surface area (Å²) in [6.45, 7) is 6.12. The lowest BCUT2D eigenvalue weighted by atomic mass is 9.37. The molecule has 0 radical (unpaired) electrons. The first-order valence-electron chi connectivity index (χ1n) is 7.01. The van der Waals surface area contributed by atoms with Crippen LogP contribution in [0.5, 0.6) is 0 Å². The van der Waals surface area contributed by atoms with Gasteiger partial charge in [-0.1, -0.05) is 20.8 Å². The Kier molecular flexibility index (Phi) is 2.14. The van der Waals surface area contributed by atoms with Crippen LogP contribution in [-0.4, -0.2) is 16.7 Å². The number of halogens is 1. The molecule has 4 aliphatic rings. The molecule has 1 N–H and O–H groups in total. The molecule has 2 unspecified atom stereocenters. The maximum Gasteiger partial charge on any atom is 0.306 e. The summed E-state index contributed by atoms with van der Waals surface area (Å²) in [5.74, 6) is -1.18. The molecule has 0 aliphatic heterocycles. The highest BCUT2D eigenvalue weighted by Crippen LogP contribution is 2.73. The van der Waals surface area contributed by atoms with Crippen LogP contribution in [0.25, 0.3) is 0 Å². The summed E-state index contributed by atoms with van der Waals surface area (Å²) in [5.41, 5.74) is -1.38. The second-order valence-corrected chi connectivity index (χ2v) is 8.26. The molecule has 4 bridgehead atoms. The van der Waals surface area contributed by atoms with Crippen molar-refractivity contribution in [3.63, 3.8) is 0 Å². The molecule has 0 aromatic carbocycles. The van der Waals surface area contributed by atoms with Gasteiger partial charge in [-0.2, -0.15) is 0 Å². The van der Waals surface area contributed by atoms with Crippen LogP contribution in [0.4, 0.5) is 4.39 Å². The van der Waals surface area contributed by atoms with E-state index in [9.17, 15) is 9.90 Å². The Balaban J connectivity index is 2.06. The topological polar surface area (TPSA) is 37.3 Å². The Bertz CT molecular complexity index is 363. The van der Waals surface area contributed by atoms with E-state index in [-0.39, 0.29) is 16.2 Å². The van der Waals surface area contributed by atoms with Crippen LogP contribution in [0.2, 0.25) is 0 Å². The first kappa shape index (κ1) is 12.4. The molecule has 4 fully saturated rings. The van der Waals surface area contributed by atoms with Gasteiger partial charge < -0.3 is 5.11 Å². The van der Waals surface area contributed by atoms with E-state index < -0.39 is 17.6 Å². The summed E-state index contributed by atoms with van der Waals surface area (Å²) < 4.78 is 15.1. The first-order chi connectivity index (χ1) is 8.10. The average Bonchev–Trinajstić information content (AvgIpc) is 2.07. The molecule has 0 heterocycles. The van der Waals surface area contributed by atoms with Crippen LogP contribution >= 0.6 is 0 Å². The molecule has 4 rings (SSSR count). The van der Waals surface area contributed by atoms with Crippen LogP contribution in [0, 0.1) is 22.2 Å². The molecule has 4 saturated carbocycles. The highest BCUT2D eigenvalue weighted by atomic mass is 19.1. The fraction of sp³-hybridized carbons (Fsp3) is 0.933. The van der Waals surface area contributed by atoms with Gasteiger partial charge in [0, 0.05) is 0 Å². The van der Waals surface area contributed by atoms with E-state index in [2.05, 4.69) is 13.8 Å². The van der Waals surface area contributed by atoms with Crippen molar-refractivity contribution in [1.82, 2.24) is 0 Å². The van der Waals surface area contributed by atoms with E-state index in [1.165, 1.54) is 0 Å². The van der Waals surface area contributed by atoms with Gasteiger partial charge in [0.25, 0.3) is 0 Å². The lowest BCUT2D eigenvalue weighted by Crippen LogP contribution is -2.63. The highest BCUT2D eigenvalue weighted by Gasteiger charge is 2.67. The van der Waals surface area contributed by atoms with Crippen LogP contribution in [0.3, 0.4) is 0 Å². The molecule has 4 aliphatic carbocycles. The number of carboxylic acid groups (broad SMARTS) is 1. The van der Waals surface area contributed by atoms with E-state index in [0.29, 0.717) is 19.3 Å². The van der Waals surface area contributed by atoms with Crippen molar-refractivity contribution < 1.29 is 14.3 Å². The molecule has 2 nitrogen and oxygen atoms in total. The van der Waals surface area contributed by atoms with Crippen molar-refractivity contribution in [2.75, 3.05) is 0 Å². The van der Waals surface area contributed by atoms with E-state index in [1.807, 2.05) is 0 Å². The van der Waals surface area contributed by atoms with Gasteiger partial charge in [0.15, 0.2) is 0 Å². The lowest BCUT2D eigenvalue weighted by Gasteiger charge is -2.68. The minimum Gasteiger partial charge on any atom is -0.481 e. The Hall–Kier alpha value is -0.600. The molecule has 3 heteroatoms. The molecule has 0 spiro atoms. The van der Waals surface area contributed by atoms with Crippen molar-refractivity contribution in [3.8, 4) is 0 Å². The maximum absolute atomic E-state index is 15.1. The Morgan fingerprint density at radius 1 is 1.06 bits per heavy atom. The van der Waals surface area contributed by atoms with Crippen molar-refractivity contribution in [1.29, 1.82) is 0 Å². The molecule has 18 heavy (non-hydrogen) atoms. The fourth-order valence-corrected chi connectivity index (χ4v) is 6.36. The highest BCUT2D eigenvalue weighted by molar-refractivity contribution is 5.70. The summed E-state index contributed by atoms with van der Waals surface area (Å²) in [5, 5.41) is 9.37. The predicted molar refractivity (Wildman–Crippen MR) is 67.0 cm³/mol. The van der Waals surface area contributed by atoms with E-state index in [1.54, 1.807) is 6.92 Å². The SMILES string of the molecule is C[C@H](C(=O)O)C12CC3(C)CC(C)(CC(F)(C3)C1)C2. The molecular weight excluding hydrogens is 231 g/mol. The average molecular weight is 254 g/mol. The van der Waals surface area contributed by atoms with Crippen molar-refractivity contribution in [3.05, 3.63) is 0 Å². The zero-order valence-electron chi connectivity index (χ0n) is 11.6. The minimum absolute atomic E-state index is 0.0158. The lowest BCUT2D eigenvalue weighted by molar-refractivity contribution is -0.214. The Labute approximate surface area is 108 Å².